The van der Waals surface area contributed by atoms with Crippen molar-refractivity contribution in [1.82, 2.24) is 9.55 Å². The van der Waals surface area contributed by atoms with E-state index in [4.69, 9.17) is 4.74 Å². The molecule has 1 aromatic rings. The molecule has 0 fully saturated rings. The lowest BCUT2D eigenvalue weighted by atomic mass is 10.2. The summed E-state index contributed by atoms with van der Waals surface area (Å²) in [5, 5.41) is 3.40. The average molecular weight is 253 g/mol. The van der Waals surface area contributed by atoms with Crippen LogP contribution in [0, 0.1) is 12.8 Å². The highest BCUT2D eigenvalue weighted by molar-refractivity contribution is 5.28. The van der Waals surface area contributed by atoms with E-state index in [1.54, 1.807) is 0 Å². The van der Waals surface area contributed by atoms with E-state index < -0.39 is 0 Å². The maximum atomic E-state index is 5.50. The van der Waals surface area contributed by atoms with Crippen molar-refractivity contribution in [3.8, 4) is 0 Å². The number of rotatable bonds is 9. The maximum Gasteiger partial charge on any atom is 0.203 e. The Hall–Kier alpha value is -1.03. The molecule has 0 atom stereocenters. The van der Waals surface area contributed by atoms with Gasteiger partial charge in [0.15, 0.2) is 0 Å². The molecule has 1 aromatic heterocycles. The topological polar surface area (TPSA) is 39.1 Å². The predicted molar refractivity (Wildman–Crippen MR) is 76.0 cm³/mol. The van der Waals surface area contributed by atoms with E-state index in [1.807, 2.05) is 6.92 Å². The summed E-state index contributed by atoms with van der Waals surface area (Å²) in [7, 11) is 0. The second-order valence-electron chi connectivity index (χ2n) is 5.14. The Kier molecular flexibility index (Phi) is 6.80. The summed E-state index contributed by atoms with van der Waals surface area (Å²) in [5.41, 5.74) is 1.07. The Bertz CT molecular complexity index is 334. The molecule has 1 heterocycles. The summed E-state index contributed by atoms with van der Waals surface area (Å²) in [6, 6.07) is 0. The first-order valence-electron chi connectivity index (χ1n) is 6.98. The minimum atomic E-state index is 0.628. The molecule has 0 spiro atoms. The van der Waals surface area contributed by atoms with Crippen LogP contribution >= 0.6 is 0 Å². The first-order chi connectivity index (χ1) is 8.63. The highest BCUT2D eigenvalue weighted by Gasteiger charge is 2.05. The van der Waals surface area contributed by atoms with E-state index in [0.29, 0.717) is 5.92 Å². The van der Waals surface area contributed by atoms with Gasteiger partial charge in [-0.15, -0.1) is 0 Å². The summed E-state index contributed by atoms with van der Waals surface area (Å²) < 4.78 is 7.68. The third-order valence-electron chi connectivity index (χ3n) is 2.60. The van der Waals surface area contributed by atoms with Gasteiger partial charge in [0, 0.05) is 32.5 Å². The molecule has 104 valence electrons. The van der Waals surface area contributed by atoms with Gasteiger partial charge in [-0.25, -0.2) is 4.98 Å². The normalized spacial score (nSPS) is 11.2. The molecular formula is C14H27N3O. The SMILES string of the molecule is CCCOCCCn1cc(C)nc1NCC(C)C. The number of aryl methyl sites for hydroxylation is 2. The number of imidazole rings is 1. The van der Waals surface area contributed by atoms with E-state index >= 15 is 0 Å². The fourth-order valence-electron chi connectivity index (χ4n) is 1.74. The van der Waals surface area contributed by atoms with Gasteiger partial charge in [-0.1, -0.05) is 20.8 Å². The van der Waals surface area contributed by atoms with Crippen molar-refractivity contribution in [1.29, 1.82) is 0 Å². The zero-order valence-electron chi connectivity index (χ0n) is 12.2. The van der Waals surface area contributed by atoms with Gasteiger partial charge in [-0.05, 0) is 25.7 Å². The smallest absolute Gasteiger partial charge is 0.203 e. The van der Waals surface area contributed by atoms with Crippen molar-refractivity contribution in [3.05, 3.63) is 11.9 Å². The first-order valence-corrected chi connectivity index (χ1v) is 6.98. The Labute approximate surface area is 111 Å². The molecule has 0 radical (unpaired) electrons. The van der Waals surface area contributed by atoms with Crippen molar-refractivity contribution in [3.63, 3.8) is 0 Å². The van der Waals surface area contributed by atoms with Crippen molar-refractivity contribution in [2.24, 2.45) is 5.92 Å². The van der Waals surface area contributed by atoms with Crippen LogP contribution in [0.25, 0.3) is 0 Å². The molecule has 0 aliphatic rings. The monoisotopic (exact) mass is 253 g/mol. The molecule has 0 aliphatic heterocycles. The molecule has 0 saturated carbocycles. The summed E-state index contributed by atoms with van der Waals surface area (Å²) in [6.07, 6.45) is 4.22. The van der Waals surface area contributed by atoms with Crippen LogP contribution in [0.2, 0.25) is 0 Å². The zero-order valence-corrected chi connectivity index (χ0v) is 12.2. The zero-order chi connectivity index (χ0) is 13.4. The maximum absolute atomic E-state index is 5.50. The van der Waals surface area contributed by atoms with Crippen molar-refractivity contribution in [2.75, 3.05) is 25.1 Å². The third kappa shape index (κ3) is 5.54. The number of hydrogen-bond acceptors (Lipinski definition) is 3. The number of hydrogen-bond donors (Lipinski definition) is 1. The van der Waals surface area contributed by atoms with Crippen molar-refractivity contribution >= 4 is 5.95 Å². The van der Waals surface area contributed by atoms with Crippen LogP contribution in [0.5, 0.6) is 0 Å². The second-order valence-corrected chi connectivity index (χ2v) is 5.14. The molecule has 18 heavy (non-hydrogen) atoms. The minimum Gasteiger partial charge on any atom is -0.381 e. The van der Waals surface area contributed by atoms with E-state index in [9.17, 15) is 0 Å². The van der Waals surface area contributed by atoms with E-state index in [0.717, 1.165) is 50.8 Å². The highest BCUT2D eigenvalue weighted by atomic mass is 16.5. The van der Waals surface area contributed by atoms with Crippen LogP contribution in [0.1, 0.15) is 39.3 Å². The lowest BCUT2D eigenvalue weighted by Gasteiger charge is -2.11. The van der Waals surface area contributed by atoms with Gasteiger partial charge < -0.3 is 14.6 Å². The molecule has 0 bridgehead atoms. The van der Waals surface area contributed by atoms with Crippen molar-refractivity contribution < 1.29 is 4.74 Å². The number of nitrogens with one attached hydrogen (secondary N) is 1. The standard InChI is InChI=1S/C14H27N3O/c1-5-8-18-9-6-7-17-11-13(4)16-14(17)15-10-12(2)3/h11-12H,5-10H2,1-4H3,(H,15,16). The van der Waals surface area contributed by atoms with E-state index in [1.165, 1.54) is 0 Å². The molecule has 4 nitrogen and oxygen atoms in total. The van der Waals surface area contributed by atoms with Gasteiger partial charge in [0.25, 0.3) is 0 Å². The number of ether oxygens (including phenoxy) is 1. The quantitative estimate of drug-likeness (QED) is 0.687. The minimum absolute atomic E-state index is 0.628. The number of anilines is 1. The van der Waals surface area contributed by atoms with Crippen LogP contribution in [-0.2, 0) is 11.3 Å². The Morgan fingerprint density at radius 3 is 2.83 bits per heavy atom. The largest absolute Gasteiger partial charge is 0.381 e. The molecule has 1 rings (SSSR count). The first kappa shape index (κ1) is 15.0. The molecule has 0 aromatic carbocycles. The second kappa shape index (κ2) is 8.14. The predicted octanol–water partition coefficient (Wildman–Crippen LogP) is 3.08. The van der Waals surface area contributed by atoms with E-state index in [2.05, 4.69) is 41.8 Å². The van der Waals surface area contributed by atoms with Crippen LogP contribution < -0.4 is 5.32 Å². The summed E-state index contributed by atoms with van der Waals surface area (Å²) in [6.45, 7) is 12.2. The molecule has 0 aliphatic carbocycles. The van der Waals surface area contributed by atoms with Crippen molar-refractivity contribution in [2.45, 2.75) is 47.1 Å². The summed E-state index contributed by atoms with van der Waals surface area (Å²) >= 11 is 0. The van der Waals surface area contributed by atoms with Crippen LogP contribution in [0.3, 0.4) is 0 Å². The van der Waals surface area contributed by atoms with Crippen LogP contribution in [-0.4, -0.2) is 29.3 Å². The fourth-order valence-corrected chi connectivity index (χ4v) is 1.74. The molecule has 0 amide bonds. The molecule has 1 N–H and O–H groups in total. The Morgan fingerprint density at radius 2 is 2.17 bits per heavy atom. The Balaban J connectivity index is 2.38. The fraction of sp³-hybridized carbons (Fsp3) is 0.786. The van der Waals surface area contributed by atoms with Crippen LogP contribution in [0.4, 0.5) is 5.95 Å². The number of aromatic nitrogens is 2. The molecular weight excluding hydrogens is 226 g/mol. The van der Waals surface area contributed by atoms with Gasteiger partial charge >= 0.3 is 0 Å². The Morgan fingerprint density at radius 1 is 1.39 bits per heavy atom. The summed E-state index contributed by atoms with van der Waals surface area (Å²) in [4.78, 5) is 4.51. The lowest BCUT2D eigenvalue weighted by Crippen LogP contribution is -2.13. The van der Waals surface area contributed by atoms with Gasteiger partial charge in [0.1, 0.15) is 0 Å². The third-order valence-corrected chi connectivity index (χ3v) is 2.60. The highest BCUT2D eigenvalue weighted by Crippen LogP contribution is 2.10. The van der Waals surface area contributed by atoms with Gasteiger partial charge in [-0.3, -0.25) is 0 Å². The van der Waals surface area contributed by atoms with Gasteiger partial charge in [0.05, 0.1) is 5.69 Å². The average Bonchev–Trinajstić information content (AvgIpc) is 2.67. The van der Waals surface area contributed by atoms with Gasteiger partial charge in [0.2, 0.25) is 5.95 Å². The molecule has 0 unspecified atom stereocenters. The van der Waals surface area contributed by atoms with E-state index in [-0.39, 0.29) is 0 Å². The van der Waals surface area contributed by atoms with Gasteiger partial charge in [-0.2, -0.15) is 0 Å². The van der Waals surface area contributed by atoms with Crippen LogP contribution in [0.15, 0.2) is 6.20 Å². The lowest BCUT2D eigenvalue weighted by molar-refractivity contribution is 0.129. The number of nitrogens with zero attached hydrogens (tertiary/aromatic N) is 2. The molecule has 0 saturated heterocycles. The molecule has 4 heteroatoms. The summed E-state index contributed by atoms with van der Waals surface area (Å²) in [5.74, 6) is 1.61.